The van der Waals surface area contributed by atoms with E-state index in [0.717, 1.165) is 0 Å². The molecule has 3 aromatic rings. The molecule has 7 heteroatoms. The van der Waals surface area contributed by atoms with Gasteiger partial charge in [0.15, 0.2) is 11.4 Å². The van der Waals surface area contributed by atoms with Crippen molar-refractivity contribution in [2.24, 2.45) is 0 Å². The number of hydrogen-bond acceptors (Lipinski definition) is 5. The van der Waals surface area contributed by atoms with E-state index >= 15 is 0 Å². The Balaban J connectivity index is 1.50. The van der Waals surface area contributed by atoms with Gasteiger partial charge in [-0.15, -0.1) is 0 Å². The van der Waals surface area contributed by atoms with Gasteiger partial charge >= 0.3 is 0 Å². The molecule has 1 aliphatic rings. The molecule has 4 rings (SSSR count). The molecular formula is C26H24ClNO5. The lowest BCUT2D eigenvalue weighted by Crippen LogP contribution is -2.43. The second-order valence-electron chi connectivity index (χ2n) is 7.69. The highest BCUT2D eigenvalue weighted by molar-refractivity contribution is 6.30. The van der Waals surface area contributed by atoms with Crippen LogP contribution < -0.4 is 14.4 Å². The Morgan fingerprint density at radius 2 is 1.61 bits per heavy atom. The number of carbonyl (C=O) groups excluding carboxylic acids is 2. The summed E-state index contributed by atoms with van der Waals surface area (Å²) < 4.78 is 11.1. The molecule has 0 aromatic heterocycles. The molecule has 0 unspecified atom stereocenters. The molecule has 33 heavy (non-hydrogen) atoms. The van der Waals surface area contributed by atoms with Gasteiger partial charge in [0, 0.05) is 16.1 Å². The highest BCUT2D eigenvalue weighted by Gasteiger charge is 2.50. The number of ether oxygens (including phenoxy) is 2. The molecule has 1 amide bonds. The van der Waals surface area contributed by atoms with Crippen molar-refractivity contribution >= 4 is 29.0 Å². The minimum atomic E-state index is -1.94. The quantitative estimate of drug-likeness (QED) is 0.466. The molecule has 1 heterocycles. The number of ketones is 1. The number of halogens is 1. The summed E-state index contributed by atoms with van der Waals surface area (Å²) in [4.78, 5) is 27.7. The van der Waals surface area contributed by atoms with Crippen LogP contribution in [0.15, 0.2) is 72.8 Å². The summed E-state index contributed by atoms with van der Waals surface area (Å²) in [6.45, 7) is 2.84. The van der Waals surface area contributed by atoms with Crippen LogP contribution >= 0.6 is 11.6 Å². The number of amides is 1. The fourth-order valence-corrected chi connectivity index (χ4v) is 4.05. The molecule has 1 atom stereocenters. The maximum absolute atomic E-state index is 13.3. The van der Waals surface area contributed by atoms with E-state index in [9.17, 15) is 14.7 Å². The average Bonchev–Trinajstić information content (AvgIpc) is 3.03. The molecule has 1 N–H and O–H groups in total. The molecule has 1 aliphatic heterocycles. The van der Waals surface area contributed by atoms with Gasteiger partial charge in [-0.25, -0.2) is 0 Å². The summed E-state index contributed by atoms with van der Waals surface area (Å²) in [6.07, 6.45) is -0.356. The molecular weight excluding hydrogens is 442 g/mol. The third-order valence-electron chi connectivity index (χ3n) is 5.54. The van der Waals surface area contributed by atoms with E-state index < -0.39 is 11.5 Å². The van der Waals surface area contributed by atoms with Crippen LogP contribution in [-0.4, -0.2) is 36.6 Å². The summed E-state index contributed by atoms with van der Waals surface area (Å²) in [5.41, 5.74) is -0.543. The lowest BCUT2D eigenvalue weighted by molar-refractivity contribution is -0.135. The minimum Gasteiger partial charge on any atom is -0.494 e. The molecule has 0 bridgehead atoms. The summed E-state index contributed by atoms with van der Waals surface area (Å²) in [5.74, 6) is 0.410. The monoisotopic (exact) mass is 465 g/mol. The normalized spacial score (nSPS) is 17.1. The van der Waals surface area contributed by atoms with Crippen LogP contribution in [-0.2, 0) is 10.4 Å². The van der Waals surface area contributed by atoms with E-state index in [0.29, 0.717) is 39.9 Å². The lowest BCUT2D eigenvalue weighted by Gasteiger charge is -2.23. The number of carbonyl (C=O) groups is 2. The zero-order chi connectivity index (χ0) is 23.4. The van der Waals surface area contributed by atoms with Crippen molar-refractivity contribution in [1.82, 2.24) is 0 Å². The number of Topliss-reactive ketones (excluding diaryl/α,β-unsaturated/α-hetero) is 1. The Bertz CT molecular complexity index is 1150. The van der Waals surface area contributed by atoms with Gasteiger partial charge in [-0.1, -0.05) is 29.8 Å². The second kappa shape index (κ2) is 9.65. The Morgan fingerprint density at radius 3 is 2.30 bits per heavy atom. The molecule has 6 nitrogen and oxygen atoms in total. The Morgan fingerprint density at radius 1 is 0.970 bits per heavy atom. The van der Waals surface area contributed by atoms with E-state index in [1.807, 2.05) is 6.92 Å². The zero-order valence-corrected chi connectivity index (χ0v) is 18.9. The molecule has 0 saturated carbocycles. The first kappa shape index (κ1) is 22.8. The van der Waals surface area contributed by atoms with Gasteiger partial charge in [-0.2, -0.15) is 0 Å². The fraction of sp³-hybridized carbons (Fsp3) is 0.231. The average molecular weight is 466 g/mol. The maximum Gasteiger partial charge on any atom is 0.264 e. The minimum absolute atomic E-state index is 0.213. The van der Waals surface area contributed by atoms with E-state index in [4.69, 9.17) is 21.1 Å². The van der Waals surface area contributed by atoms with E-state index in [1.54, 1.807) is 72.8 Å². The molecule has 0 fully saturated rings. The predicted molar refractivity (Wildman–Crippen MR) is 126 cm³/mol. The number of para-hydroxylation sites is 1. The van der Waals surface area contributed by atoms with E-state index in [2.05, 4.69) is 0 Å². The van der Waals surface area contributed by atoms with Gasteiger partial charge in [0.05, 0.1) is 25.3 Å². The number of aliphatic hydroxyl groups is 1. The van der Waals surface area contributed by atoms with Crippen LogP contribution in [0.3, 0.4) is 0 Å². The van der Waals surface area contributed by atoms with Gasteiger partial charge in [0.2, 0.25) is 0 Å². The number of nitrogens with zero attached hydrogens (tertiary/aromatic N) is 1. The van der Waals surface area contributed by atoms with Crippen LogP contribution in [0.25, 0.3) is 0 Å². The molecule has 0 saturated heterocycles. The van der Waals surface area contributed by atoms with E-state index in [1.165, 1.54) is 4.90 Å². The zero-order valence-electron chi connectivity index (χ0n) is 18.2. The summed E-state index contributed by atoms with van der Waals surface area (Å²) in [5, 5.41) is 12.0. The SMILES string of the molecule is CCOc1ccc(C(=O)C[C@@]2(O)C(=O)N(CCOc3ccc(Cl)cc3)c3ccccc32)cc1. The van der Waals surface area contributed by atoms with Gasteiger partial charge in [-0.05, 0) is 61.5 Å². The highest BCUT2D eigenvalue weighted by atomic mass is 35.5. The third-order valence-corrected chi connectivity index (χ3v) is 5.79. The summed E-state index contributed by atoms with van der Waals surface area (Å²) in [6, 6.07) is 20.6. The van der Waals surface area contributed by atoms with Crippen LogP contribution in [0.4, 0.5) is 5.69 Å². The van der Waals surface area contributed by atoms with Crippen molar-refractivity contribution < 1.29 is 24.2 Å². The van der Waals surface area contributed by atoms with Gasteiger partial charge < -0.3 is 19.5 Å². The molecule has 0 spiro atoms. The van der Waals surface area contributed by atoms with Crippen molar-refractivity contribution in [2.45, 2.75) is 18.9 Å². The fourth-order valence-electron chi connectivity index (χ4n) is 3.92. The number of hydrogen-bond donors (Lipinski definition) is 1. The van der Waals surface area contributed by atoms with Crippen molar-refractivity contribution in [3.63, 3.8) is 0 Å². The number of rotatable bonds is 9. The Kier molecular flexibility index (Phi) is 6.67. The van der Waals surface area contributed by atoms with Crippen LogP contribution in [0.1, 0.15) is 29.3 Å². The standard InChI is InChI=1S/C26H24ClNO5/c1-2-32-20-11-7-18(8-12-20)24(29)17-26(31)22-5-3-4-6-23(22)28(25(26)30)15-16-33-21-13-9-19(27)10-14-21/h3-14,31H,2,15-17H2,1H3/t26-/m0/s1. The van der Waals surface area contributed by atoms with Crippen LogP contribution in [0.2, 0.25) is 5.02 Å². The topological polar surface area (TPSA) is 76.1 Å². The van der Waals surface area contributed by atoms with Crippen molar-refractivity contribution in [2.75, 3.05) is 24.7 Å². The first-order chi connectivity index (χ1) is 15.9. The molecule has 3 aromatic carbocycles. The first-order valence-electron chi connectivity index (χ1n) is 10.7. The first-order valence-corrected chi connectivity index (χ1v) is 11.1. The van der Waals surface area contributed by atoms with E-state index in [-0.39, 0.29) is 25.4 Å². The van der Waals surface area contributed by atoms with Crippen LogP contribution in [0, 0.1) is 0 Å². The third kappa shape index (κ3) is 4.72. The van der Waals surface area contributed by atoms with Gasteiger partial charge in [0.25, 0.3) is 5.91 Å². The molecule has 170 valence electrons. The smallest absolute Gasteiger partial charge is 0.264 e. The predicted octanol–water partition coefficient (Wildman–Crippen LogP) is 4.62. The van der Waals surface area contributed by atoms with Gasteiger partial charge in [0.1, 0.15) is 18.1 Å². The number of anilines is 1. The van der Waals surface area contributed by atoms with Gasteiger partial charge in [-0.3, -0.25) is 9.59 Å². The maximum atomic E-state index is 13.3. The number of benzene rings is 3. The largest absolute Gasteiger partial charge is 0.494 e. The van der Waals surface area contributed by atoms with Crippen molar-refractivity contribution in [1.29, 1.82) is 0 Å². The highest BCUT2D eigenvalue weighted by Crippen LogP contribution is 2.42. The number of fused-ring (bicyclic) bond motifs is 1. The Labute approximate surface area is 197 Å². The summed E-state index contributed by atoms with van der Waals surface area (Å²) in [7, 11) is 0. The lowest BCUT2D eigenvalue weighted by atomic mass is 9.88. The second-order valence-corrected chi connectivity index (χ2v) is 8.13. The van der Waals surface area contributed by atoms with Crippen molar-refractivity contribution in [3.05, 3.63) is 88.9 Å². The molecule has 0 aliphatic carbocycles. The Hall–Kier alpha value is -3.35. The van der Waals surface area contributed by atoms with Crippen molar-refractivity contribution in [3.8, 4) is 11.5 Å². The van der Waals surface area contributed by atoms with Crippen LogP contribution in [0.5, 0.6) is 11.5 Å². The molecule has 0 radical (unpaired) electrons. The summed E-state index contributed by atoms with van der Waals surface area (Å²) >= 11 is 5.89.